The maximum atomic E-state index is 12.5. The summed E-state index contributed by atoms with van der Waals surface area (Å²) in [6, 6.07) is 11.3. The molecule has 0 bridgehead atoms. The number of piperidine rings is 1. The summed E-state index contributed by atoms with van der Waals surface area (Å²) >= 11 is 0. The van der Waals surface area contributed by atoms with Gasteiger partial charge in [-0.2, -0.15) is 0 Å². The van der Waals surface area contributed by atoms with Crippen molar-refractivity contribution in [2.24, 2.45) is 0 Å². The van der Waals surface area contributed by atoms with Crippen molar-refractivity contribution in [1.29, 1.82) is 0 Å². The lowest BCUT2D eigenvalue weighted by molar-refractivity contribution is 0.0720. The van der Waals surface area contributed by atoms with E-state index in [0.29, 0.717) is 31.6 Å². The number of para-hydroxylation sites is 1. The number of fused-ring (bicyclic) bond motifs is 1. The summed E-state index contributed by atoms with van der Waals surface area (Å²) in [5.41, 5.74) is 1.20. The summed E-state index contributed by atoms with van der Waals surface area (Å²) in [6.07, 6.45) is 2.26. The molecule has 1 aromatic heterocycles. The standard InChI is InChI=1S/C16H18N2O3S/c1-22(20,21)13-8-10-18(11-9-13)16(19)15-7-6-12-4-2-3-5-14(12)17-15/h2-7,13H,8-11H2,1H3. The molecule has 5 nitrogen and oxygen atoms in total. The zero-order valence-electron chi connectivity index (χ0n) is 12.4. The summed E-state index contributed by atoms with van der Waals surface area (Å²) in [7, 11) is -3.02. The highest BCUT2D eigenvalue weighted by atomic mass is 32.2. The Morgan fingerprint density at radius 2 is 1.82 bits per heavy atom. The van der Waals surface area contributed by atoms with Crippen LogP contribution in [0.2, 0.25) is 0 Å². The second kappa shape index (κ2) is 5.68. The minimum atomic E-state index is -3.02. The third-order valence-corrected chi connectivity index (χ3v) is 5.83. The average molecular weight is 318 g/mol. The van der Waals surface area contributed by atoms with E-state index in [-0.39, 0.29) is 11.2 Å². The molecule has 3 rings (SSSR count). The van der Waals surface area contributed by atoms with E-state index in [1.165, 1.54) is 6.26 Å². The van der Waals surface area contributed by atoms with Gasteiger partial charge in [-0.1, -0.05) is 24.3 Å². The molecule has 1 aliphatic rings. The Morgan fingerprint density at radius 1 is 1.14 bits per heavy atom. The Kier molecular flexibility index (Phi) is 3.87. The smallest absolute Gasteiger partial charge is 0.272 e. The zero-order chi connectivity index (χ0) is 15.7. The molecule has 1 aromatic carbocycles. The highest BCUT2D eigenvalue weighted by Crippen LogP contribution is 2.19. The van der Waals surface area contributed by atoms with Gasteiger partial charge >= 0.3 is 0 Å². The van der Waals surface area contributed by atoms with Crippen molar-refractivity contribution in [3.8, 4) is 0 Å². The normalized spacial score (nSPS) is 16.9. The van der Waals surface area contributed by atoms with Crippen LogP contribution in [0.3, 0.4) is 0 Å². The fourth-order valence-corrected chi connectivity index (χ4v) is 3.90. The molecule has 1 amide bonds. The number of nitrogens with zero attached hydrogens (tertiary/aromatic N) is 2. The lowest BCUT2D eigenvalue weighted by Gasteiger charge is -2.30. The topological polar surface area (TPSA) is 67.3 Å². The summed E-state index contributed by atoms with van der Waals surface area (Å²) in [4.78, 5) is 18.6. The average Bonchev–Trinajstić information content (AvgIpc) is 2.53. The number of amides is 1. The van der Waals surface area contributed by atoms with E-state index < -0.39 is 9.84 Å². The number of aromatic nitrogens is 1. The second-order valence-electron chi connectivity index (χ2n) is 5.71. The van der Waals surface area contributed by atoms with Gasteiger partial charge < -0.3 is 4.90 Å². The molecular weight excluding hydrogens is 300 g/mol. The lowest BCUT2D eigenvalue weighted by atomic mass is 10.1. The maximum absolute atomic E-state index is 12.5. The molecule has 0 unspecified atom stereocenters. The molecule has 2 heterocycles. The first-order valence-electron chi connectivity index (χ1n) is 7.29. The molecule has 0 spiro atoms. The molecular formula is C16H18N2O3S. The largest absolute Gasteiger partial charge is 0.337 e. The van der Waals surface area contributed by atoms with E-state index in [1.807, 2.05) is 30.3 Å². The van der Waals surface area contributed by atoms with E-state index in [0.717, 1.165) is 10.9 Å². The monoisotopic (exact) mass is 318 g/mol. The quantitative estimate of drug-likeness (QED) is 0.848. The van der Waals surface area contributed by atoms with Gasteiger partial charge in [0.05, 0.1) is 10.8 Å². The second-order valence-corrected chi connectivity index (χ2v) is 8.04. The number of carbonyl (C=O) groups excluding carboxylic acids is 1. The molecule has 1 saturated heterocycles. The Bertz CT molecular complexity index is 809. The maximum Gasteiger partial charge on any atom is 0.272 e. The first-order valence-corrected chi connectivity index (χ1v) is 9.24. The van der Waals surface area contributed by atoms with Gasteiger partial charge in [-0.05, 0) is 25.0 Å². The molecule has 0 radical (unpaired) electrons. The Labute approximate surface area is 129 Å². The third-order valence-electron chi connectivity index (χ3n) is 4.15. The van der Waals surface area contributed by atoms with Crippen molar-refractivity contribution >= 4 is 26.6 Å². The SMILES string of the molecule is CS(=O)(=O)C1CCN(C(=O)c2ccc3ccccc3n2)CC1. The van der Waals surface area contributed by atoms with Crippen molar-refractivity contribution in [3.63, 3.8) is 0 Å². The zero-order valence-corrected chi connectivity index (χ0v) is 13.2. The number of carbonyl (C=O) groups is 1. The predicted octanol–water partition coefficient (Wildman–Crippen LogP) is 1.88. The molecule has 0 aliphatic carbocycles. The van der Waals surface area contributed by atoms with Crippen LogP contribution in [0.5, 0.6) is 0 Å². The molecule has 0 atom stereocenters. The van der Waals surface area contributed by atoms with Gasteiger partial charge in [0.25, 0.3) is 5.91 Å². The van der Waals surface area contributed by atoms with Gasteiger partial charge in [0.15, 0.2) is 0 Å². The molecule has 0 saturated carbocycles. The molecule has 22 heavy (non-hydrogen) atoms. The molecule has 0 N–H and O–H groups in total. The Balaban J connectivity index is 1.76. The fraction of sp³-hybridized carbons (Fsp3) is 0.375. The first-order chi connectivity index (χ1) is 10.4. The van der Waals surface area contributed by atoms with E-state index in [9.17, 15) is 13.2 Å². The van der Waals surface area contributed by atoms with E-state index in [2.05, 4.69) is 4.98 Å². The van der Waals surface area contributed by atoms with Gasteiger partial charge in [0.1, 0.15) is 15.5 Å². The fourth-order valence-electron chi connectivity index (χ4n) is 2.83. The summed E-state index contributed by atoms with van der Waals surface area (Å²) in [5.74, 6) is -0.127. The van der Waals surface area contributed by atoms with Gasteiger partial charge in [0, 0.05) is 24.7 Å². The molecule has 116 valence electrons. The van der Waals surface area contributed by atoms with Crippen LogP contribution in [0.15, 0.2) is 36.4 Å². The van der Waals surface area contributed by atoms with Crippen molar-refractivity contribution < 1.29 is 13.2 Å². The van der Waals surface area contributed by atoms with Gasteiger partial charge in [-0.15, -0.1) is 0 Å². The van der Waals surface area contributed by atoms with Crippen LogP contribution >= 0.6 is 0 Å². The first kappa shape index (κ1) is 15.0. The van der Waals surface area contributed by atoms with Crippen LogP contribution in [0.4, 0.5) is 0 Å². The predicted molar refractivity (Wildman–Crippen MR) is 85.5 cm³/mol. The highest BCUT2D eigenvalue weighted by Gasteiger charge is 2.29. The van der Waals surface area contributed by atoms with Crippen LogP contribution in [-0.4, -0.2) is 48.8 Å². The summed E-state index contributed by atoms with van der Waals surface area (Å²) in [5, 5.41) is 0.663. The van der Waals surface area contributed by atoms with Crippen molar-refractivity contribution in [2.45, 2.75) is 18.1 Å². The Hall–Kier alpha value is -1.95. The van der Waals surface area contributed by atoms with E-state index in [4.69, 9.17) is 0 Å². The summed E-state index contributed by atoms with van der Waals surface area (Å²) in [6.45, 7) is 0.927. The van der Waals surface area contributed by atoms with Crippen LogP contribution in [0.1, 0.15) is 23.3 Å². The van der Waals surface area contributed by atoms with Crippen LogP contribution < -0.4 is 0 Å². The summed E-state index contributed by atoms with van der Waals surface area (Å²) < 4.78 is 23.1. The number of likely N-dealkylation sites (tertiary alicyclic amines) is 1. The van der Waals surface area contributed by atoms with Crippen LogP contribution in [0, 0.1) is 0 Å². The number of benzene rings is 1. The third kappa shape index (κ3) is 2.97. The molecule has 1 aliphatic heterocycles. The number of rotatable bonds is 2. The minimum absolute atomic E-state index is 0.127. The van der Waals surface area contributed by atoms with Crippen molar-refractivity contribution in [1.82, 2.24) is 9.88 Å². The molecule has 2 aromatic rings. The highest BCUT2D eigenvalue weighted by molar-refractivity contribution is 7.91. The number of sulfone groups is 1. The number of hydrogen-bond donors (Lipinski definition) is 0. The van der Waals surface area contributed by atoms with Gasteiger partial charge in [0.2, 0.25) is 0 Å². The van der Waals surface area contributed by atoms with Gasteiger partial charge in [-0.25, -0.2) is 13.4 Å². The van der Waals surface area contributed by atoms with Gasteiger partial charge in [-0.3, -0.25) is 4.79 Å². The Morgan fingerprint density at radius 3 is 2.50 bits per heavy atom. The number of pyridine rings is 1. The minimum Gasteiger partial charge on any atom is -0.337 e. The van der Waals surface area contributed by atoms with E-state index >= 15 is 0 Å². The van der Waals surface area contributed by atoms with Crippen molar-refractivity contribution in [2.75, 3.05) is 19.3 Å². The van der Waals surface area contributed by atoms with Crippen LogP contribution in [0.25, 0.3) is 10.9 Å². The van der Waals surface area contributed by atoms with Crippen LogP contribution in [-0.2, 0) is 9.84 Å². The lowest BCUT2D eigenvalue weighted by Crippen LogP contribution is -2.42. The molecule has 1 fully saturated rings. The van der Waals surface area contributed by atoms with Crippen molar-refractivity contribution in [3.05, 3.63) is 42.1 Å². The number of hydrogen-bond acceptors (Lipinski definition) is 4. The molecule has 6 heteroatoms. The van der Waals surface area contributed by atoms with E-state index in [1.54, 1.807) is 11.0 Å².